The molecule has 0 spiro atoms. The predicted octanol–water partition coefficient (Wildman–Crippen LogP) is 1.29. The van der Waals surface area contributed by atoms with Crippen molar-refractivity contribution in [3.05, 3.63) is 17.5 Å². The first-order valence-corrected chi connectivity index (χ1v) is 5.17. The third-order valence-corrected chi connectivity index (χ3v) is 2.62. The van der Waals surface area contributed by atoms with Gasteiger partial charge in [0.05, 0.1) is 6.20 Å². The highest BCUT2D eigenvalue weighted by atomic mass is 35.5. The van der Waals surface area contributed by atoms with Gasteiger partial charge in [0, 0.05) is 12.6 Å². The van der Waals surface area contributed by atoms with Gasteiger partial charge in [-0.05, 0) is 19.4 Å². The molecule has 1 aliphatic heterocycles. The lowest BCUT2D eigenvalue weighted by Gasteiger charge is -2.12. The number of anilines is 1. The van der Waals surface area contributed by atoms with Crippen molar-refractivity contribution in [2.24, 2.45) is 0 Å². The van der Waals surface area contributed by atoms with Crippen LogP contribution >= 0.6 is 11.6 Å². The molecule has 76 valence electrons. The largest absolute Gasteiger partial charge is 0.367 e. The van der Waals surface area contributed by atoms with Crippen LogP contribution in [0.2, 0.25) is 5.02 Å². The Hall–Kier alpha value is -0.870. The second-order valence-corrected chi connectivity index (χ2v) is 3.80. The van der Waals surface area contributed by atoms with Crippen molar-refractivity contribution in [1.82, 2.24) is 15.3 Å². The van der Waals surface area contributed by atoms with E-state index in [2.05, 4.69) is 20.6 Å². The first kappa shape index (κ1) is 9.68. The molecule has 2 rings (SSSR count). The Kier molecular flexibility index (Phi) is 3.16. The summed E-state index contributed by atoms with van der Waals surface area (Å²) in [6, 6.07) is 0.543. The molecule has 0 aliphatic carbocycles. The topological polar surface area (TPSA) is 49.8 Å². The molecule has 1 saturated heterocycles. The molecule has 1 atom stereocenters. The van der Waals surface area contributed by atoms with Crippen LogP contribution in [-0.4, -0.2) is 29.1 Å². The Morgan fingerprint density at radius 3 is 3.29 bits per heavy atom. The first-order chi connectivity index (χ1) is 6.86. The Morgan fingerprint density at radius 1 is 1.64 bits per heavy atom. The molecular formula is C9H13ClN4. The van der Waals surface area contributed by atoms with Gasteiger partial charge in [0.1, 0.15) is 17.2 Å². The fraction of sp³-hybridized carbons (Fsp3) is 0.556. The summed E-state index contributed by atoms with van der Waals surface area (Å²) in [4.78, 5) is 7.88. The maximum Gasteiger partial charge on any atom is 0.148 e. The smallest absolute Gasteiger partial charge is 0.148 e. The molecule has 1 unspecified atom stereocenters. The van der Waals surface area contributed by atoms with Crippen molar-refractivity contribution >= 4 is 17.4 Å². The Labute approximate surface area is 88.1 Å². The van der Waals surface area contributed by atoms with Gasteiger partial charge in [-0.3, -0.25) is 0 Å². The van der Waals surface area contributed by atoms with E-state index < -0.39 is 0 Å². The maximum atomic E-state index is 5.90. The molecule has 1 fully saturated rings. The minimum Gasteiger partial charge on any atom is -0.367 e. The van der Waals surface area contributed by atoms with Gasteiger partial charge in [-0.15, -0.1) is 0 Å². The Balaban J connectivity index is 1.88. The molecule has 0 saturated carbocycles. The molecule has 2 heterocycles. The summed E-state index contributed by atoms with van der Waals surface area (Å²) in [5, 5.41) is 7.18. The molecule has 0 amide bonds. The summed E-state index contributed by atoms with van der Waals surface area (Å²) >= 11 is 5.90. The Bertz CT molecular complexity index is 299. The average Bonchev–Trinajstić information content (AvgIpc) is 2.69. The molecule has 0 radical (unpaired) electrons. The number of nitrogens with one attached hydrogen (secondary N) is 2. The molecule has 1 aliphatic rings. The van der Waals surface area contributed by atoms with Crippen molar-refractivity contribution in [3.63, 3.8) is 0 Å². The maximum absolute atomic E-state index is 5.90. The lowest BCUT2D eigenvalue weighted by molar-refractivity contribution is 0.632. The standard InChI is InChI=1S/C9H13ClN4/c10-8-5-11-6-14-9(8)13-4-7-2-1-3-12-7/h5-7,12H,1-4H2,(H,11,13,14). The molecule has 4 nitrogen and oxygen atoms in total. The van der Waals surface area contributed by atoms with Crippen LogP contribution in [0.5, 0.6) is 0 Å². The van der Waals surface area contributed by atoms with E-state index in [0.717, 1.165) is 18.9 Å². The van der Waals surface area contributed by atoms with E-state index in [-0.39, 0.29) is 0 Å². The van der Waals surface area contributed by atoms with Crippen molar-refractivity contribution in [3.8, 4) is 0 Å². The van der Waals surface area contributed by atoms with Gasteiger partial charge in [-0.1, -0.05) is 11.6 Å². The fourth-order valence-corrected chi connectivity index (χ4v) is 1.77. The van der Waals surface area contributed by atoms with Crippen LogP contribution in [0.15, 0.2) is 12.5 Å². The van der Waals surface area contributed by atoms with Gasteiger partial charge in [0.25, 0.3) is 0 Å². The molecule has 5 heteroatoms. The zero-order valence-electron chi connectivity index (χ0n) is 7.83. The van der Waals surface area contributed by atoms with E-state index in [9.17, 15) is 0 Å². The third-order valence-electron chi connectivity index (χ3n) is 2.35. The summed E-state index contributed by atoms with van der Waals surface area (Å²) in [5.74, 6) is 0.718. The van der Waals surface area contributed by atoms with Crippen molar-refractivity contribution in [1.29, 1.82) is 0 Å². The van der Waals surface area contributed by atoms with E-state index in [1.807, 2.05) is 0 Å². The van der Waals surface area contributed by atoms with Crippen LogP contribution in [0, 0.1) is 0 Å². The second-order valence-electron chi connectivity index (χ2n) is 3.39. The number of hydrogen-bond acceptors (Lipinski definition) is 4. The minimum absolute atomic E-state index is 0.543. The van der Waals surface area contributed by atoms with Crippen molar-refractivity contribution in [2.75, 3.05) is 18.4 Å². The molecule has 2 N–H and O–H groups in total. The van der Waals surface area contributed by atoms with Gasteiger partial charge < -0.3 is 10.6 Å². The molecule has 1 aromatic rings. The summed E-state index contributed by atoms with van der Waals surface area (Å²) in [6.07, 6.45) is 5.56. The van der Waals surface area contributed by atoms with Crippen LogP contribution in [0.1, 0.15) is 12.8 Å². The van der Waals surface area contributed by atoms with E-state index in [1.165, 1.54) is 19.2 Å². The monoisotopic (exact) mass is 212 g/mol. The number of nitrogens with zero attached hydrogens (tertiary/aromatic N) is 2. The minimum atomic E-state index is 0.543. The van der Waals surface area contributed by atoms with Crippen LogP contribution in [0.3, 0.4) is 0 Å². The van der Waals surface area contributed by atoms with Crippen LogP contribution in [0.4, 0.5) is 5.82 Å². The summed E-state index contributed by atoms with van der Waals surface area (Å²) in [5.41, 5.74) is 0. The molecule has 1 aromatic heterocycles. The summed E-state index contributed by atoms with van der Waals surface area (Å²) in [6.45, 7) is 1.99. The second kappa shape index (κ2) is 4.57. The van der Waals surface area contributed by atoms with E-state index in [4.69, 9.17) is 11.6 Å². The molecule has 0 bridgehead atoms. The van der Waals surface area contributed by atoms with Gasteiger partial charge >= 0.3 is 0 Å². The first-order valence-electron chi connectivity index (χ1n) is 4.79. The van der Waals surface area contributed by atoms with Crippen molar-refractivity contribution in [2.45, 2.75) is 18.9 Å². The summed E-state index contributed by atoms with van der Waals surface area (Å²) < 4.78 is 0. The number of rotatable bonds is 3. The number of aromatic nitrogens is 2. The van der Waals surface area contributed by atoms with E-state index in [0.29, 0.717) is 11.1 Å². The van der Waals surface area contributed by atoms with Crippen molar-refractivity contribution < 1.29 is 0 Å². The lowest BCUT2D eigenvalue weighted by Crippen LogP contribution is -2.29. The normalized spacial score (nSPS) is 21.1. The summed E-state index contributed by atoms with van der Waals surface area (Å²) in [7, 11) is 0. The van der Waals surface area contributed by atoms with E-state index in [1.54, 1.807) is 6.20 Å². The van der Waals surface area contributed by atoms with Crippen LogP contribution < -0.4 is 10.6 Å². The fourth-order valence-electron chi connectivity index (χ4n) is 1.59. The quantitative estimate of drug-likeness (QED) is 0.793. The van der Waals surface area contributed by atoms with Gasteiger partial charge in [0.2, 0.25) is 0 Å². The third kappa shape index (κ3) is 2.33. The molecular weight excluding hydrogens is 200 g/mol. The lowest BCUT2D eigenvalue weighted by atomic mass is 10.2. The predicted molar refractivity (Wildman–Crippen MR) is 56.6 cm³/mol. The molecule has 0 aromatic carbocycles. The zero-order chi connectivity index (χ0) is 9.80. The Morgan fingerprint density at radius 2 is 2.57 bits per heavy atom. The SMILES string of the molecule is Clc1cncnc1NCC1CCCN1. The van der Waals surface area contributed by atoms with Crippen LogP contribution in [-0.2, 0) is 0 Å². The highest BCUT2D eigenvalue weighted by molar-refractivity contribution is 6.32. The zero-order valence-corrected chi connectivity index (χ0v) is 8.59. The number of hydrogen-bond donors (Lipinski definition) is 2. The highest BCUT2D eigenvalue weighted by Gasteiger charge is 2.13. The molecule has 14 heavy (non-hydrogen) atoms. The van der Waals surface area contributed by atoms with Gasteiger partial charge in [-0.2, -0.15) is 0 Å². The average molecular weight is 213 g/mol. The van der Waals surface area contributed by atoms with Crippen LogP contribution in [0.25, 0.3) is 0 Å². The highest BCUT2D eigenvalue weighted by Crippen LogP contribution is 2.16. The van der Waals surface area contributed by atoms with Gasteiger partial charge in [0.15, 0.2) is 0 Å². The number of halogens is 1. The van der Waals surface area contributed by atoms with E-state index >= 15 is 0 Å². The van der Waals surface area contributed by atoms with Gasteiger partial charge in [-0.25, -0.2) is 9.97 Å².